The maximum Gasteiger partial charge on any atom is 0.202 e. The van der Waals surface area contributed by atoms with Gasteiger partial charge in [-0.05, 0) is 55.1 Å². The molecule has 4 atom stereocenters. The number of aromatic hydroxyl groups is 2. The van der Waals surface area contributed by atoms with Crippen molar-refractivity contribution in [2.45, 2.75) is 31.1 Å². The first-order chi connectivity index (χ1) is 10.6. The number of fused-ring (bicyclic) bond motifs is 1. The zero-order chi connectivity index (χ0) is 15.2. The third-order valence-electron chi connectivity index (χ3n) is 5.76. The van der Waals surface area contributed by atoms with Gasteiger partial charge in [0, 0.05) is 17.2 Å². The second-order valence-corrected chi connectivity index (χ2v) is 6.79. The summed E-state index contributed by atoms with van der Waals surface area (Å²) in [7, 11) is 0. The van der Waals surface area contributed by atoms with E-state index >= 15 is 0 Å². The molecule has 1 aromatic carbocycles. The van der Waals surface area contributed by atoms with Gasteiger partial charge in [-0.3, -0.25) is 4.57 Å². The molecule has 2 bridgehead atoms. The Balaban J connectivity index is 1.76. The monoisotopic (exact) mass is 303 g/mol. The van der Waals surface area contributed by atoms with Gasteiger partial charge in [0.1, 0.15) is 11.6 Å². The molecule has 0 aliphatic heterocycles. The molecule has 0 spiro atoms. The van der Waals surface area contributed by atoms with Crippen LogP contribution in [0.1, 0.15) is 42.2 Å². The van der Waals surface area contributed by atoms with Crippen molar-refractivity contribution in [3.63, 3.8) is 0 Å². The van der Waals surface area contributed by atoms with Crippen molar-refractivity contribution in [1.29, 1.82) is 0 Å². The lowest BCUT2D eigenvalue weighted by Gasteiger charge is -2.35. The molecule has 114 valence electrons. The maximum absolute atomic E-state index is 13.5. The summed E-state index contributed by atoms with van der Waals surface area (Å²) in [5.74, 6) is 0.187. The van der Waals surface area contributed by atoms with Gasteiger partial charge in [0.15, 0.2) is 0 Å². The van der Waals surface area contributed by atoms with Crippen LogP contribution in [0.4, 0.5) is 8.78 Å². The molecule has 4 aliphatic rings. The first-order valence-electron chi connectivity index (χ1n) is 7.69. The topological polar surface area (TPSA) is 45.4 Å². The fourth-order valence-corrected chi connectivity index (χ4v) is 4.89. The minimum atomic E-state index is -0.730. The predicted octanol–water partition coefficient (Wildman–Crippen LogP) is 3.78. The summed E-state index contributed by atoms with van der Waals surface area (Å²) < 4.78 is 28.1. The van der Waals surface area contributed by atoms with Crippen molar-refractivity contribution in [2.24, 2.45) is 11.8 Å². The lowest BCUT2D eigenvalue weighted by Crippen LogP contribution is -2.22. The van der Waals surface area contributed by atoms with E-state index in [1.165, 1.54) is 4.57 Å². The molecular formula is C17H15F2NO2. The van der Waals surface area contributed by atoms with Crippen molar-refractivity contribution >= 4 is 0 Å². The van der Waals surface area contributed by atoms with E-state index in [0.29, 0.717) is 11.8 Å². The van der Waals surface area contributed by atoms with Crippen molar-refractivity contribution in [3.05, 3.63) is 41.0 Å². The molecule has 2 saturated carbocycles. The summed E-state index contributed by atoms with van der Waals surface area (Å²) in [6, 6.07) is 3.02. The molecule has 4 aliphatic carbocycles. The minimum absolute atomic E-state index is 0.0578. The summed E-state index contributed by atoms with van der Waals surface area (Å²) in [4.78, 5) is 0. The largest absolute Gasteiger partial charge is 0.494 e. The van der Waals surface area contributed by atoms with Crippen LogP contribution in [0, 0.1) is 23.5 Å². The SMILES string of the molecule is Oc1c2c(c(O)n1-c1cc(F)cc(F)c1)[C@@H]1CC[C@H]2[C@H]2C[C@H]21. The number of nitrogens with zero attached hydrogens (tertiary/aromatic N) is 1. The van der Waals surface area contributed by atoms with E-state index in [-0.39, 0.29) is 29.3 Å². The molecule has 0 saturated heterocycles. The van der Waals surface area contributed by atoms with Crippen molar-refractivity contribution in [2.75, 3.05) is 0 Å². The van der Waals surface area contributed by atoms with E-state index in [1.807, 2.05) is 0 Å². The molecule has 2 aromatic rings. The van der Waals surface area contributed by atoms with Crippen LogP contribution in [0.2, 0.25) is 0 Å². The Labute approximate surface area is 125 Å². The number of hydrogen-bond acceptors (Lipinski definition) is 2. The van der Waals surface area contributed by atoms with Gasteiger partial charge in [-0.1, -0.05) is 0 Å². The van der Waals surface area contributed by atoms with Gasteiger partial charge in [0.05, 0.1) is 5.69 Å². The normalized spacial score (nSPS) is 31.0. The van der Waals surface area contributed by atoms with Gasteiger partial charge < -0.3 is 10.2 Å². The van der Waals surface area contributed by atoms with Crippen LogP contribution < -0.4 is 0 Å². The summed E-state index contributed by atoms with van der Waals surface area (Å²) >= 11 is 0. The Bertz CT molecular complexity index is 754. The molecule has 3 nitrogen and oxygen atoms in total. The summed E-state index contributed by atoms with van der Waals surface area (Å²) in [6.45, 7) is 0. The average molecular weight is 303 g/mol. The van der Waals surface area contributed by atoms with E-state index in [1.54, 1.807) is 0 Å². The molecule has 0 amide bonds. The van der Waals surface area contributed by atoms with Crippen LogP contribution in [-0.2, 0) is 0 Å². The van der Waals surface area contributed by atoms with Crippen molar-refractivity contribution < 1.29 is 19.0 Å². The van der Waals surface area contributed by atoms with E-state index in [4.69, 9.17) is 0 Å². The highest BCUT2D eigenvalue weighted by Gasteiger charge is 2.58. The van der Waals surface area contributed by atoms with Gasteiger partial charge >= 0.3 is 0 Å². The van der Waals surface area contributed by atoms with Crippen LogP contribution >= 0.6 is 0 Å². The lowest BCUT2D eigenvalue weighted by molar-refractivity contribution is 0.322. The summed E-state index contributed by atoms with van der Waals surface area (Å²) in [6.07, 6.45) is 3.21. The fourth-order valence-electron chi connectivity index (χ4n) is 4.89. The first kappa shape index (κ1) is 12.5. The van der Waals surface area contributed by atoms with E-state index < -0.39 is 11.6 Å². The Hall–Kier alpha value is -2.04. The number of benzene rings is 1. The third kappa shape index (κ3) is 1.39. The van der Waals surface area contributed by atoms with Crippen LogP contribution in [-0.4, -0.2) is 14.8 Å². The highest BCUT2D eigenvalue weighted by atomic mass is 19.1. The molecular weight excluding hydrogens is 288 g/mol. The van der Waals surface area contributed by atoms with Gasteiger partial charge in [-0.2, -0.15) is 0 Å². The van der Waals surface area contributed by atoms with E-state index in [2.05, 4.69) is 0 Å². The number of rotatable bonds is 1. The molecule has 0 radical (unpaired) electrons. The predicted molar refractivity (Wildman–Crippen MR) is 75.3 cm³/mol. The Morgan fingerprint density at radius 2 is 1.36 bits per heavy atom. The second-order valence-electron chi connectivity index (χ2n) is 6.79. The summed E-state index contributed by atoms with van der Waals surface area (Å²) in [5, 5.41) is 21.2. The van der Waals surface area contributed by atoms with Crippen LogP contribution in [0.5, 0.6) is 11.8 Å². The van der Waals surface area contributed by atoms with E-state index in [0.717, 1.165) is 48.6 Å². The van der Waals surface area contributed by atoms with Gasteiger partial charge in [-0.25, -0.2) is 8.78 Å². The van der Waals surface area contributed by atoms with Gasteiger partial charge in [-0.15, -0.1) is 0 Å². The molecule has 2 N–H and O–H groups in total. The molecule has 6 rings (SSSR count). The van der Waals surface area contributed by atoms with Crippen molar-refractivity contribution in [1.82, 2.24) is 4.57 Å². The zero-order valence-electron chi connectivity index (χ0n) is 11.8. The Morgan fingerprint density at radius 3 is 1.86 bits per heavy atom. The molecule has 1 heterocycles. The fraction of sp³-hybridized carbons (Fsp3) is 0.412. The van der Waals surface area contributed by atoms with Crippen LogP contribution in [0.15, 0.2) is 18.2 Å². The Morgan fingerprint density at radius 1 is 0.864 bits per heavy atom. The number of aromatic nitrogens is 1. The minimum Gasteiger partial charge on any atom is -0.494 e. The zero-order valence-corrected chi connectivity index (χ0v) is 11.8. The first-order valence-corrected chi connectivity index (χ1v) is 7.69. The molecule has 1 aromatic heterocycles. The van der Waals surface area contributed by atoms with E-state index in [9.17, 15) is 19.0 Å². The quantitative estimate of drug-likeness (QED) is 0.842. The number of halogens is 2. The highest BCUT2D eigenvalue weighted by Crippen LogP contribution is 2.70. The third-order valence-corrected chi connectivity index (χ3v) is 5.76. The van der Waals surface area contributed by atoms with Crippen LogP contribution in [0.3, 0.4) is 0 Å². The maximum atomic E-state index is 13.5. The molecule has 2 fully saturated rings. The molecule has 0 unspecified atom stereocenters. The molecule has 22 heavy (non-hydrogen) atoms. The van der Waals surface area contributed by atoms with Crippen molar-refractivity contribution in [3.8, 4) is 17.4 Å². The standard InChI is InChI=1S/C17H15F2NO2/c18-7-3-8(19)5-9(4-7)20-16(21)14-10-1-2-11(13-6-12(10)13)15(14)17(20)22/h3-5,10-13,21-22H,1-2,6H2/t10-,11+,12+,13-. The lowest BCUT2D eigenvalue weighted by atomic mass is 9.68. The Kier molecular flexibility index (Phi) is 2.18. The summed E-state index contributed by atoms with van der Waals surface area (Å²) in [5.41, 5.74) is 1.73. The van der Waals surface area contributed by atoms with Gasteiger partial charge in [0.2, 0.25) is 11.8 Å². The smallest absolute Gasteiger partial charge is 0.202 e. The second kappa shape index (κ2) is 3.83. The van der Waals surface area contributed by atoms with Crippen LogP contribution in [0.25, 0.3) is 5.69 Å². The average Bonchev–Trinajstić information content (AvgIpc) is 3.23. The van der Waals surface area contributed by atoms with Gasteiger partial charge in [0.25, 0.3) is 0 Å². The highest BCUT2D eigenvalue weighted by molar-refractivity contribution is 5.59. The molecule has 5 heteroatoms. The number of hydrogen-bond donors (Lipinski definition) is 2.